The lowest BCUT2D eigenvalue weighted by Crippen LogP contribution is -2.22. The van der Waals surface area contributed by atoms with Crippen LogP contribution in [0.5, 0.6) is 0 Å². The summed E-state index contributed by atoms with van der Waals surface area (Å²) in [5.74, 6) is 0. The fourth-order valence-electron chi connectivity index (χ4n) is 1.90. The smallest absolute Gasteiger partial charge is 0.0795 e. The van der Waals surface area contributed by atoms with Crippen LogP contribution in [0, 0.1) is 0 Å². The van der Waals surface area contributed by atoms with E-state index in [0.29, 0.717) is 6.04 Å². The van der Waals surface area contributed by atoms with Gasteiger partial charge in [-0.2, -0.15) is 0 Å². The molecule has 1 N–H and O–H groups in total. The third-order valence-corrected chi connectivity index (χ3v) is 3.58. The maximum atomic E-state index is 4.53. The molecule has 0 aromatic carbocycles. The highest BCUT2D eigenvalue weighted by Gasteiger charge is 2.04. The highest BCUT2D eigenvalue weighted by molar-refractivity contribution is 7.07. The van der Waals surface area contributed by atoms with Crippen molar-refractivity contribution in [1.82, 2.24) is 20.2 Å². The lowest BCUT2D eigenvalue weighted by atomic mass is 10.2. The predicted molar refractivity (Wildman–Crippen MR) is 83.5 cm³/mol. The van der Waals surface area contributed by atoms with Crippen molar-refractivity contribution in [2.45, 2.75) is 39.5 Å². The summed E-state index contributed by atoms with van der Waals surface area (Å²) >= 11 is 1.64. The highest BCUT2D eigenvalue weighted by atomic mass is 32.1. The first-order chi connectivity index (χ1) is 9.63. The lowest BCUT2D eigenvalue weighted by Gasteiger charge is -2.15. The summed E-state index contributed by atoms with van der Waals surface area (Å²) in [7, 11) is 2.09. The molecule has 20 heavy (non-hydrogen) atoms. The van der Waals surface area contributed by atoms with E-state index in [2.05, 4.69) is 58.6 Å². The van der Waals surface area contributed by atoms with E-state index in [4.69, 9.17) is 0 Å². The highest BCUT2D eigenvalue weighted by Crippen LogP contribution is 2.08. The van der Waals surface area contributed by atoms with Crippen LogP contribution in [-0.4, -0.2) is 28.0 Å². The van der Waals surface area contributed by atoms with E-state index in [1.807, 2.05) is 11.7 Å². The maximum Gasteiger partial charge on any atom is 0.0795 e. The van der Waals surface area contributed by atoms with Crippen molar-refractivity contribution < 1.29 is 0 Å². The molecule has 2 aromatic heterocycles. The average Bonchev–Trinajstić information content (AvgIpc) is 2.90. The quantitative estimate of drug-likeness (QED) is 0.851. The molecule has 0 spiro atoms. The third-order valence-electron chi connectivity index (χ3n) is 2.95. The minimum absolute atomic E-state index is 0.499. The molecular weight excluding hydrogens is 268 g/mol. The topological polar surface area (TPSA) is 41.0 Å². The molecule has 0 saturated carbocycles. The van der Waals surface area contributed by atoms with Gasteiger partial charge >= 0.3 is 0 Å². The molecule has 0 aliphatic rings. The molecule has 0 aliphatic carbocycles. The Morgan fingerprint density at radius 2 is 2.00 bits per heavy atom. The van der Waals surface area contributed by atoms with Crippen LogP contribution in [0.2, 0.25) is 0 Å². The second kappa shape index (κ2) is 7.47. The van der Waals surface area contributed by atoms with Crippen molar-refractivity contribution in [2.75, 3.05) is 7.05 Å². The number of hydrogen-bond acceptors (Lipinski definition) is 5. The summed E-state index contributed by atoms with van der Waals surface area (Å²) in [6, 6.07) is 4.75. The van der Waals surface area contributed by atoms with Gasteiger partial charge in [-0.25, -0.2) is 4.98 Å². The zero-order chi connectivity index (χ0) is 14.4. The van der Waals surface area contributed by atoms with Gasteiger partial charge in [0.25, 0.3) is 0 Å². The fourth-order valence-corrected chi connectivity index (χ4v) is 2.45. The monoisotopic (exact) mass is 290 g/mol. The van der Waals surface area contributed by atoms with Crippen LogP contribution in [0.4, 0.5) is 0 Å². The molecule has 108 valence electrons. The largest absolute Gasteiger partial charge is 0.310 e. The summed E-state index contributed by atoms with van der Waals surface area (Å²) in [5, 5.41) is 5.48. The molecule has 5 heteroatoms. The number of aromatic nitrogens is 2. The van der Waals surface area contributed by atoms with Crippen molar-refractivity contribution in [3.63, 3.8) is 0 Å². The molecule has 0 amide bonds. The van der Waals surface area contributed by atoms with Crippen molar-refractivity contribution in [1.29, 1.82) is 0 Å². The molecule has 0 fully saturated rings. The molecule has 0 atom stereocenters. The van der Waals surface area contributed by atoms with Crippen LogP contribution in [-0.2, 0) is 19.6 Å². The number of rotatable bonds is 7. The van der Waals surface area contributed by atoms with E-state index in [1.165, 1.54) is 5.56 Å². The van der Waals surface area contributed by atoms with Gasteiger partial charge < -0.3 is 5.32 Å². The first kappa shape index (κ1) is 15.1. The Morgan fingerprint density at radius 3 is 2.60 bits per heavy atom. The number of pyridine rings is 1. The minimum atomic E-state index is 0.499. The predicted octanol–water partition coefficient (Wildman–Crippen LogP) is 2.67. The van der Waals surface area contributed by atoms with Crippen molar-refractivity contribution in [2.24, 2.45) is 0 Å². The van der Waals surface area contributed by atoms with Gasteiger partial charge in [0, 0.05) is 37.3 Å². The zero-order valence-corrected chi connectivity index (χ0v) is 13.2. The summed E-state index contributed by atoms with van der Waals surface area (Å²) in [5.41, 5.74) is 5.31. The van der Waals surface area contributed by atoms with Gasteiger partial charge in [0.05, 0.1) is 16.9 Å². The van der Waals surface area contributed by atoms with Gasteiger partial charge in [-0.3, -0.25) is 9.88 Å². The van der Waals surface area contributed by atoms with Crippen LogP contribution in [0.3, 0.4) is 0 Å². The Hall–Kier alpha value is -1.30. The summed E-state index contributed by atoms with van der Waals surface area (Å²) in [4.78, 5) is 11.1. The number of hydrogen-bond donors (Lipinski definition) is 1. The van der Waals surface area contributed by atoms with Crippen LogP contribution >= 0.6 is 11.3 Å². The van der Waals surface area contributed by atoms with Crippen molar-refractivity contribution in [3.8, 4) is 0 Å². The van der Waals surface area contributed by atoms with Gasteiger partial charge in [0.15, 0.2) is 0 Å². The Labute approximate surface area is 124 Å². The normalized spacial score (nSPS) is 11.4. The number of nitrogens with one attached hydrogen (secondary N) is 1. The van der Waals surface area contributed by atoms with E-state index in [-0.39, 0.29) is 0 Å². The zero-order valence-electron chi connectivity index (χ0n) is 12.3. The van der Waals surface area contributed by atoms with E-state index in [9.17, 15) is 0 Å². The van der Waals surface area contributed by atoms with Gasteiger partial charge in [-0.05, 0) is 18.7 Å². The molecule has 0 saturated heterocycles. The number of nitrogens with zero attached hydrogens (tertiary/aromatic N) is 3. The molecule has 2 rings (SSSR count). The van der Waals surface area contributed by atoms with Gasteiger partial charge in [0.2, 0.25) is 0 Å². The first-order valence-corrected chi connectivity index (χ1v) is 7.80. The van der Waals surface area contributed by atoms with Gasteiger partial charge in [-0.1, -0.05) is 19.9 Å². The molecule has 0 radical (unpaired) electrons. The van der Waals surface area contributed by atoms with Crippen LogP contribution in [0.1, 0.15) is 30.8 Å². The van der Waals surface area contributed by atoms with E-state index < -0.39 is 0 Å². The van der Waals surface area contributed by atoms with E-state index >= 15 is 0 Å². The Kier molecular flexibility index (Phi) is 5.64. The van der Waals surface area contributed by atoms with E-state index in [0.717, 1.165) is 31.0 Å². The summed E-state index contributed by atoms with van der Waals surface area (Å²) < 4.78 is 0. The lowest BCUT2D eigenvalue weighted by molar-refractivity contribution is 0.312. The maximum absolute atomic E-state index is 4.53. The Morgan fingerprint density at radius 1 is 1.20 bits per heavy atom. The average molecular weight is 290 g/mol. The second-order valence-electron chi connectivity index (χ2n) is 5.35. The molecular formula is C15H22N4S. The van der Waals surface area contributed by atoms with Crippen LogP contribution < -0.4 is 5.32 Å². The van der Waals surface area contributed by atoms with Crippen LogP contribution in [0.15, 0.2) is 29.2 Å². The van der Waals surface area contributed by atoms with Crippen molar-refractivity contribution >= 4 is 11.3 Å². The Balaban J connectivity index is 1.83. The summed E-state index contributed by atoms with van der Waals surface area (Å²) in [6.45, 7) is 6.88. The van der Waals surface area contributed by atoms with Gasteiger partial charge in [0.1, 0.15) is 0 Å². The SMILES string of the molecule is CC(C)NCc1ccc(CN(C)Cc2cscn2)nc1. The van der Waals surface area contributed by atoms with E-state index in [1.54, 1.807) is 11.3 Å². The second-order valence-corrected chi connectivity index (χ2v) is 6.06. The summed E-state index contributed by atoms with van der Waals surface area (Å²) in [6.07, 6.45) is 1.96. The molecule has 0 bridgehead atoms. The number of thiazole rings is 1. The third kappa shape index (κ3) is 5.00. The molecule has 2 heterocycles. The first-order valence-electron chi connectivity index (χ1n) is 6.86. The fraction of sp³-hybridized carbons (Fsp3) is 0.467. The molecule has 2 aromatic rings. The molecule has 0 aliphatic heterocycles. The van der Waals surface area contributed by atoms with Gasteiger partial charge in [-0.15, -0.1) is 11.3 Å². The van der Waals surface area contributed by atoms with Crippen LogP contribution in [0.25, 0.3) is 0 Å². The molecule has 0 unspecified atom stereocenters. The van der Waals surface area contributed by atoms with Crippen molar-refractivity contribution in [3.05, 3.63) is 46.2 Å². The minimum Gasteiger partial charge on any atom is -0.310 e. The standard InChI is InChI=1S/C15H22N4S/c1-12(2)16-6-13-4-5-14(17-7-13)8-19(3)9-15-10-20-11-18-15/h4-5,7,10-12,16H,6,8-9H2,1-3H3. The molecule has 4 nitrogen and oxygen atoms in total. The Bertz CT molecular complexity index is 493.